The Labute approximate surface area is 123 Å². The molecule has 1 atom stereocenters. The van der Waals surface area contributed by atoms with Gasteiger partial charge in [-0.05, 0) is 38.5 Å². The largest absolute Gasteiger partial charge is 0.314 e. The van der Waals surface area contributed by atoms with E-state index in [9.17, 15) is 0 Å². The normalized spacial score (nSPS) is 21.8. The zero-order valence-electron chi connectivity index (χ0n) is 11.1. The summed E-state index contributed by atoms with van der Waals surface area (Å²) in [5.41, 5.74) is 1.36. The number of benzene rings is 1. The summed E-state index contributed by atoms with van der Waals surface area (Å²) in [4.78, 5) is 2.53. The first-order chi connectivity index (χ1) is 8.42. The maximum atomic E-state index is 6.36. The van der Waals surface area contributed by atoms with Crippen molar-refractivity contribution in [2.45, 2.75) is 32.4 Å². The number of piperazine rings is 1. The fraction of sp³-hybridized carbons (Fsp3) is 0.571. The summed E-state index contributed by atoms with van der Waals surface area (Å²) in [6.07, 6.45) is 0. The Kier molecular flexibility index (Phi) is 4.37. The van der Waals surface area contributed by atoms with Crippen LogP contribution in [-0.2, 0) is 0 Å². The predicted molar refractivity (Wildman–Crippen MR) is 81.2 cm³/mol. The molecule has 4 heteroatoms. The summed E-state index contributed by atoms with van der Waals surface area (Å²) in [6, 6.07) is 6.49. The minimum atomic E-state index is 0.161. The van der Waals surface area contributed by atoms with Gasteiger partial charge in [0.15, 0.2) is 0 Å². The fourth-order valence-corrected chi connectivity index (χ4v) is 3.56. The van der Waals surface area contributed by atoms with Gasteiger partial charge in [0.25, 0.3) is 0 Å². The van der Waals surface area contributed by atoms with Gasteiger partial charge in [-0.2, -0.15) is 0 Å². The van der Waals surface area contributed by atoms with Crippen LogP contribution >= 0.6 is 27.5 Å². The minimum absolute atomic E-state index is 0.161. The Morgan fingerprint density at radius 1 is 1.44 bits per heavy atom. The molecule has 0 spiro atoms. The Balaban J connectivity index is 2.27. The van der Waals surface area contributed by atoms with Crippen LogP contribution in [0.2, 0.25) is 5.02 Å². The lowest BCUT2D eigenvalue weighted by Crippen LogP contribution is -2.58. The molecule has 100 valence electrons. The van der Waals surface area contributed by atoms with Gasteiger partial charge >= 0.3 is 0 Å². The van der Waals surface area contributed by atoms with Crippen molar-refractivity contribution in [3.05, 3.63) is 33.3 Å². The topological polar surface area (TPSA) is 15.3 Å². The van der Waals surface area contributed by atoms with Gasteiger partial charge in [-0.15, -0.1) is 0 Å². The first-order valence-electron chi connectivity index (χ1n) is 6.34. The van der Waals surface area contributed by atoms with E-state index in [2.05, 4.69) is 59.1 Å². The van der Waals surface area contributed by atoms with Crippen LogP contribution < -0.4 is 5.32 Å². The van der Waals surface area contributed by atoms with Crippen molar-refractivity contribution >= 4 is 27.5 Å². The third-order valence-corrected chi connectivity index (χ3v) is 4.57. The summed E-state index contributed by atoms with van der Waals surface area (Å²) in [7, 11) is 0. The molecular weight excluding hydrogens is 312 g/mol. The highest BCUT2D eigenvalue weighted by Gasteiger charge is 2.33. The molecule has 1 aliphatic rings. The zero-order chi connectivity index (χ0) is 13.3. The van der Waals surface area contributed by atoms with E-state index in [-0.39, 0.29) is 5.54 Å². The van der Waals surface area contributed by atoms with Gasteiger partial charge in [0, 0.05) is 40.7 Å². The summed E-state index contributed by atoms with van der Waals surface area (Å²) >= 11 is 9.82. The van der Waals surface area contributed by atoms with E-state index < -0.39 is 0 Å². The van der Waals surface area contributed by atoms with Gasteiger partial charge in [0.1, 0.15) is 0 Å². The van der Waals surface area contributed by atoms with Crippen LogP contribution in [0, 0.1) is 0 Å². The first kappa shape index (κ1) is 14.3. The van der Waals surface area contributed by atoms with Crippen molar-refractivity contribution < 1.29 is 0 Å². The van der Waals surface area contributed by atoms with E-state index in [4.69, 9.17) is 11.6 Å². The maximum absolute atomic E-state index is 6.36. The first-order valence-corrected chi connectivity index (χ1v) is 7.51. The molecule has 0 saturated carbocycles. The Bertz CT molecular complexity index is 434. The van der Waals surface area contributed by atoms with E-state index in [1.54, 1.807) is 0 Å². The molecule has 1 N–H and O–H groups in total. The predicted octanol–water partition coefficient (Wildman–Crippen LogP) is 3.85. The van der Waals surface area contributed by atoms with Crippen LogP contribution in [-0.4, -0.2) is 30.1 Å². The van der Waals surface area contributed by atoms with Crippen molar-refractivity contribution in [3.8, 4) is 0 Å². The Morgan fingerprint density at radius 2 is 2.17 bits per heavy atom. The molecule has 1 aromatic rings. The molecule has 0 radical (unpaired) electrons. The molecular formula is C14H20BrClN2. The third kappa shape index (κ3) is 2.90. The molecule has 2 rings (SSSR count). The lowest BCUT2D eigenvalue weighted by molar-refractivity contribution is 0.0517. The molecule has 18 heavy (non-hydrogen) atoms. The van der Waals surface area contributed by atoms with Crippen LogP contribution in [0.1, 0.15) is 32.4 Å². The second kappa shape index (κ2) is 5.49. The average Bonchev–Trinajstić information content (AvgIpc) is 2.27. The van der Waals surface area contributed by atoms with Crippen LogP contribution in [0.25, 0.3) is 0 Å². The highest BCUT2D eigenvalue weighted by atomic mass is 79.9. The summed E-state index contributed by atoms with van der Waals surface area (Å²) in [5.74, 6) is 0. The van der Waals surface area contributed by atoms with Crippen molar-refractivity contribution in [3.63, 3.8) is 0 Å². The number of halogens is 2. The molecule has 0 aliphatic carbocycles. The van der Waals surface area contributed by atoms with Crippen LogP contribution in [0.15, 0.2) is 22.7 Å². The van der Waals surface area contributed by atoms with Crippen molar-refractivity contribution in [1.29, 1.82) is 0 Å². The van der Waals surface area contributed by atoms with E-state index in [1.165, 1.54) is 5.56 Å². The molecule has 0 amide bonds. The molecule has 1 aliphatic heterocycles. The molecule has 1 aromatic carbocycles. The zero-order valence-corrected chi connectivity index (χ0v) is 13.5. The van der Waals surface area contributed by atoms with Gasteiger partial charge in [0.2, 0.25) is 0 Å². The van der Waals surface area contributed by atoms with E-state index in [0.29, 0.717) is 6.04 Å². The monoisotopic (exact) mass is 330 g/mol. The molecule has 1 saturated heterocycles. The number of hydrogen-bond donors (Lipinski definition) is 1. The average molecular weight is 332 g/mol. The molecule has 0 bridgehead atoms. The smallest absolute Gasteiger partial charge is 0.0465 e. The number of rotatable bonds is 2. The fourth-order valence-electron chi connectivity index (χ4n) is 2.72. The SMILES string of the molecule is CC(c1ccc(Br)cc1Cl)N1CCNCC1(C)C. The van der Waals surface area contributed by atoms with E-state index >= 15 is 0 Å². The summed E-state index contributed by atoms with van der Waals surface area (Å²) in [6.45, 7) is 9.92. The summed E-state index contributed by atoms with van der Waals surface area (Å²) in [5, 5.41) is 4.29. The van der Waals surface area contributed by atoms with E-state index in [0.717, 1.165) is 29.1 Å². The molecule has 1 fully saturated rings. The second-order valence-corrected chi connectivity index (χ2v) is 6.85. The van der Waals surface area contributed by atoms with Gasteiger partial charge in [-0.1, -0.05) is 33.6 Å². The Morgan fingerprint density at radius 3 is 2.78 bits per heavy atom. The maximum Gasteiger partial charge on any atom is 0.0465 e. The third-order valence-electron chi connectivity index (χ3n) is 3.74. The lowest BCUT2D eigenvalue weighted by Gasteiger charge is -2.46. The lowest BCUT2D eigenvalue weighted by atomic mass is 9.95. The van der Waals surface area contributed by atoms with Crippen molar-refractivity contribution in [1.82, 2.24) is 10.2 Å². The molecule has 1 unspecified atom stereocenters. The quantitative estimate of drug-likeness (QED) is 0.885. The number of nitrogens with one attached hydrogen (secondary N) is 1. The second-order valence-electron chi connectivity index (χ2n) is 5.52. The standard InChI is InChI=1S/C14H20BrClN2/c1-10(12-5-4-11(15)8-13(12)16)18-7-6-17-9-14(18,2)3/h4-5,8,10,17H,6-7,9H2,1-3H3. The Hall–Kier alpha value is -0.0900. The van der Waals surface area contributed by atoms with Gasteiger partial charge < -0.3 is 5.32 Å². The van der Waals surface area contributed by atoms with Crippen LogP contribution in [0.4, 0.5) is 0 Å². The van der Waals surface area contributed by atoms with Gasteiger partial charge in [-0.25, -0.2) is 0 Å². The van der Waals surface area contributed by atoms with Crippen molar-refractivity contribution in [2.75, 3.05) is 19.6 Å². The minimum Gasteiger partial charge on any atom is -0.314 e. The molecule has 0 aromatic heterocycles. The number of nitrogens with zero attached hydrogens (tertiary/aromatic N) is 1. The van der Waals surface area contributed by atoms with Crippen LogP contribution in [0.5, 0.6) is 0 Å². The molecule has 2 nitrogen and oxygen atoms in total. The van der Waals surface area contributed by atoms with Crippen molar-refractivity contribution in [2.24, 2.45) is 0 Å². The molecule has 1 heterocycles. The number of hydrogen-bond acceptors (Lipinski definition) is 2. The van der Waals surface area contributed by atoms with Gasteiger partial charge in [0.05, 0.1) is 0 Å². The van der Waals surface area contributed by atoms with E-state index in [1.807, 2.05) is 6.07 Å². The van der Waals surface area contributed by atoms with Gasteiger partial charge in [-0.3, -0.25) is 4.90 Å². The van der Waals surface area contributed by atoms with Crippen LogP contribution in [0.3, 0.4) is 0 Å². The highest BCUT2D eigenvalue weighted by Crippen LogP contribution is 2.34. The highest BCUT2D eigenvalue weighted by molar-refractivity contribution is 9.10. The summed E-state index contributed by atoms with van der Waals surface area (Å²) < 4.78 is 1.03.